The lowest BCUT2D eigenvalue weighted by Gasteiger charge is -2.43. The molecular weight excluding hydrogens is 406 g/mol. The fourth-order valence-electron chi connectivity index (χ4n) is 4.64. The van der Waals surface area contributed by atoms with Crippen molar-refractivity contribution in [2.75, 3.05) is 52.3 Å². The summed E-state index contributed by atoms with van der Waals surface area (Å²) >= 11 is 0. The van der Waals surface area contributed by atoms with E-state index in [1.54, 1.807) is 19.1 Å². The van der Waals surface area contributed by atoms with Gasteiger partial charge in [-0.05, 0) is 55.4 Å². The van der Waals surface area contributed by atoms with Crippen LogP contribution >= 0.6 is 0 Å². The van der Waals surface area contributed by atoms with Crippen LogP contribution in [0, 0.1) is 5.92 Å². The van der Waals surface area contributed by atoms with E-state index in [1.807, 2.05) is 53.4 Å². The van der Waals surface area contributed by atoms with Crippen LogP contribution in [0.5, 0.6) is 11.5 Å². The minimum Gasteiger partial charge on any atom is -0.497 e. The van der Waals surface area contributed by atoms with Crippen LogP contribution in [0.1, 0.15) is 24.4 Å². The highest BCUT2D eigenvalue weighted by molar-refractivity contribution is 5.97. The third-order valence-electron chi connectivity index (χ3n) is 6.54. The van der Waals surface area contributed by atoms with Crippen LogP contribution in [0.25, 0.3) is 0 Å². The molecule has 2 fully saturated rings. The van der Waals surface area contributed by atoms with Gasteiger partial charge in [0.15, 0.2) is 0 Å². The second kappa shape index (κ2) is 9.61. The van der Waals surface area contributed by atoms with E-state index in [1.165, 1.54) is 0 Å². The van der Waals surface area contributed by atoms with Crippen LogP contribution in [0.15, 0.2) is 48.5 Å². The topological polar surface area (TPSA) is 62.3 Å². The Morgan fingerprint density at radius 2 is 1.44 bits per heavy atom. The molecule has 0 unspecified atom stereocenters. The fraction of sp³-hybridized carbons (Fsp3) is 0.440. The van der Waals surface area contributed by atoms with Crippen molar-refractivity contribution in [3.05, 3.63) is 54.1 Å². The second-order valence-electron chi connectivity index (χ2n) is 8.45. The molecule has 2 heterocycles. The van der Waals surface area contributed by atoms with Crippen molar-refractivity contribution < 1.29 is 19.1 Å². The van der Waals surface area contributed by atoms with Crippen molar-refractivity contribution in [3.63, 3.8) is 0 Å². The van der Waals surface area contributed by atoms with E-state index in [2.05, 4.69) is 11.9 Å². The zero-order valence-corrected chi connectivity index (χ0v) is 19.0. The van der Waals surface area contributed by atoms with E-state index >= 15 is 0 Å². The first-order valence-corrected chi connectivity index (χ1v) is 11.1. The Hall–Kier alpha value is -3.06. The molecule has 2 aliphatic heterocycles. The summed E-state index contributed by atoms with van der Waals surface area (Å²) in [7, 11) is 5.32. The third-order valence-corrected chi connectivity index (χ3v) is 6.54. The highest BCUT2D eigenvalue weighted by atomic mass is 16.5. The van der Waals surface area contributed by atoms with Gasteiger partial charge in [0.05, 0.1) is 26.2 Å². The number of amides is 2. The van der Waals surface area contributed by atoms with E-state index < -0.39 is 0 Å². The fourth-order valence-corrected chi connectivity index (χ4v) is 4.64. The van der Waals surface area contributed by atoms with Gasteiger partial charge in [-0.15, -0.1) is 0 Å². The minimum absolute atomic E-state index is 0.0263. The number of piperidine rings is 1. The van der Waals surface area contributed by atoms with Crippen LogP contribution in [-0.4, -0.2) is 69.1 Å². The number of piperazine rings is 1. The summed E-state index contributed by atoms with van der Waals surface area (Å²) in [5.74, 6) is 1.33. The first-order chi connectivity index (χ1) is 15.5. The Morgan fingerprint density at radius 3 is 2.00 bits per heavy atom. The molecule has 0 aromatic heterocycles. The number of nitrogens with zero attached hydrogens (tertiary/aromatic N) is 3. The molecule has 7 nitrogen and oxygen atoms in total. The molecule has 0 saturated carbocycles. The number of anilines is 1. The Kier molecular flexibility index (Phi) is 6.65. The third kappa shape index (κ3) is 4.43. The SMILES string of the molecule is COc1ccc([C@@H]2[C@H](C(=O)N3CCN(C)CC3)CCC(=O)N2c2ccc(OC)cc2)cc1. The van der Waals surface area contributed by atoms with Gasteiger partial charge in [-0.1, -0.05) is 12.1 Å². The summed E-state index contributed by atoms with van der Waals surface area (Å²) in [5, 5.41) is 0. The van der Waals surface area contributed by atoms with Crippen molar-refractivity contribution in [2.24, 2.45) is 5.92 Å². The molecule has 2 amide bonds. The van der Waals surface area contributed by atoms with Gasteiger partial charge in [-0.3, -0.25) is 9.59 Å². The molecule has 2 aliphatic rings. The van der Waals surface area contributed by atoms with Crippen LogP contribution < -0.4 is 14.4 Å². The van der Waals surface area contributed by atoms with Gasteiger partial charge in [0.2, 0.25) is 11.8 Å². The molecule has 32 heavy (non-hydrogen) atoms. The first-order valence-electron chi connectivity index (χ1n) is 11.1. The first kappa shape index (κ1) is 22.1. The summed E-state index contributed by atoms with van der Waals surface area (Å²) in [6.07, 6.45) is 0.899. The number of benzene rings is 2. The number of carbonyl (C=O) groups is 2. The Morgan fingerprint density at radius 1 is 0.875 bits per heavy atom. The normalized spacial score (nSPS) is 22.0. The summed E-state index contributed by atoms with van der Waals surface area (Å²) < 4.78 is 10.6. The highest BCUT2D eigenvalue weighted by Gasteiger charge is 2.43. The van der Waals surface area contributed by atoms with Crippen LogP contribution in [0.3, 0.4) is 0 Å². The predicted molar refractivity (Wildman–Crippen MR) is 123 cm³/mol. The number of likely N-dealkylation sites (N-methyl/N-ethyl adjacent to an activating group) is 1. The Bertz CT molecular complexity index is 937. The molecule has 2 atom stereocenters. The van der Waals surface area contributed by atoms with Crippen LogP contribution in [0.4, 0.5) is 5.69 Å². The van der Waals surface area contributed by atoms with Gasteiger partial charge in [0.1, 0.15) is 11.5 Å². The van der Waals surface area contributed by atoms with Gasteiger partial charge < -0.3 is 24.2 Å². The van der Waals surface area contributed by atoms with Gasteiger partial charge in [-0.25, -0.2) is 0 Å². The zero-order chi connectivity index (χ0) is 22.7. The Labute approximate surface area is 189 Å². The molecular formula is C25H31N3O4. The summed E-state index contributed by atoms with van der Waals surface area (Å²) in [6.45, 7) is 3.18. The molecule has 2 saturated heterocycles. The van der Waals surface area contributed by atoms with E-state index in [-0.39, 0.29) is 23.8 Å². The average molecular weight is 438 g/mol. The molecule has 170 valence electrons. The molecule has 2 aromatic carbocycles. The van der Waals surface area contributed by atoms with Crippen molar-refractivity contribution in [1.29, 1.82) is 0 Å². The summed E-state index contributed by atoms with van der Waals surface area (Å²) in [5.41, 5.74) is 1.70. The zero-order valence-electron chi connectivity index (χ0n) is 19.0. The molecule has 4 rings (SSSR count). The van der Waals surface area contributed by atoms with Crippen LogP contribution in [-0.2, 0) is 9.59 Å². The highest BCUT2D eigenvalue weighted by Crippen LogP contribution is 2.41. The molecule has 7 heteroatoms. The van der Waals surface area contributed by atoms with Gasteiger partial charge in [-0.2, -0.15) is 0 Å². The smallest absolute Gasteiger partial charge is 0.228 e. The van der Waals surface area contributed by atoms with Gasteiger partial charge in [0, 0.05) is 38.3 Å². The molecule has 2 aromatic rings. The van der Waals surface area contributed by atoms with Gasteiger partial charge >= 0.3 is 0 Å². The minimum atomic E-state index is -0.372. The van der Waals surface area contributed by atoms with E-state index in [9.17, 15) is 9.59 Å². The number of ether oxygens (including phenoxy) is 2. The van der Waals surface area contributed by atoms with Gasteiger partial charge in [0.25, 0.3) is 0 Å². The van der Waals surface area contributed by atoms with Crippen molar-refractivity contribution in [2.45, 2.75) is 18.9 Å². The number of hydrogen-bond acceptors (Lipinski definition) is 5. The maximum atomic E-state index is 13.7. The van der Waals surface area contributed by atoms with E-state index in [0.717, 1.165) is 48.9 Å². The molecule has 0 aliphatic carbocycles. The lowest BCUT2D eigenvalue weighted by atomic mass is 9.82. The average Bonchev–Trinajstić information content (AvgIpc) is 2.84. The van der Waals surface area contributed by atoms with Crippen molar-refractivity contribution >= 4 is 17.5 Å². The quantitative estimate of drug-likeness (QED) is 0.720. The molecule has 0 bridgehead atoms. The summed E-state index contributed by atoms with van der Waals surface area (Å²) in [4.78, 5) is 32.8. The number of rotatable bonds is 5. The molecule has 0 radical (unpaired) electrons. The number of methoxy groups -OCH3 is 2. The molecule has 0 N–H and O–H groups in total. The predicted octanol–water partition coefficient (Wildman–Crippen LogP) is 2.96. The maximum absolute atomic E-state index is 13.7. The number of carbonyl (C=O) groups excluding carboxylic acids is 2. The van der Waals surface area contributed by atoms with Crippen molar-refractivity contribution in [1.82, 2.24) is 9.80 Å². The second-order valence-corrected chi connectivity index (χ2v) is 8.45. The molecule has 0 spiro atoms. The maximum Gasteiger partial charge on any atom is 0.228 e. The number of hydrogen-bond donors (Lipinski definition) is 0. The van der Waals surface area contributed by atoms with E-state index in [4.69, 9.17) is 9.47 Å². The van der Waals surface area contributed by atoms with Crippen LogP contribution in [0.2, 0.25) is 0 Å². The van der Waals surface area contributed by atoms with Crippen molar-refractivity contribution in [3.8, 4) is 11.5 Å². The summed E-state index contributed by atoms with van der Waals surface area (Å²) in [6, 6.07) is 14.8. The lowest BCUT2D eigenvalue weighted by molar-refractivity contribution is -0.139. The van der Waals surface area contributed by atoms with E-state index in [0.29, 0.717) is 12.8 Å². The largest absolute Gasteiger partial charge is 0.497 e. The Balaban J connectivity index is 1.72. The standard InChI is InChI=1S/C25H31N3O4/c1-26-14-16-27(17-15-26)25(30)22-12-13-23(29)28(19-6-10-21(32-3)11-7-19)24(22)18-4-8-20(31-2)9-5-18/h4-11,22,24H,12-17H2,1-3H3/t22-,24-/m1/s1. The monoisotopic (exact) mass is 437 g/mol. The lowest BCUT2D eigenvalue weighted by Crippen LogP contribution is -2.53.